The Morgan fingerprint density at radius 3 is 1.78 bits per heavy atom. The monoisotopic (exact) mass is 385 g/mol. The average molecular weight is 385 g/mol. The summed E-state index contributed by atoms with van der Waals surface area (Å²) in [7, 11) is 0. The average Bonchev–Trinajstić information content (AvgIpc) is 2.49. The summed E-state index contributed by atoms with van der Waals surface area (Å²) in [5.41, 5.74) is 0.272. The van der Waals surface area contributed by atoms with Crippen molar-refractivity contribution in [3.63, 3.8) is 0 Å². The Hall–Kier alpha value is -2.91. The van der Waals surface area contributed by atoms with Crippen LogP contribution in [0.2, 0.25) is 0 Å². The second kappa shape index (κ2) is 9.70. The van der Waals surface area contributed by atoms with Crippen LogP contribution in [0.15, 0.2) is 11.6 Å². The summed E-state index contributed by atoms with van der Waals surface area (Å²) in [5, 5.41) is 2.57. The minimum atomic E-state index is -1.25. The predicted octanol–water partition coefficient (Wildman–Crippen LogP) is -0.211. The van der Waals surface area contributed by atoms with Gasteiger partial charge in [0.05, 0.1) is 6.04 Å². The van der Waals surface area contributed by atoms with Crippen LogP contribution in [-0.2, 0) is 42.9 Å². The summed E-state index contributed by atoms with van der Waals surface area (Å²) in [5.74, 6) is -3.12. The van der Waals surface area contributed by atoms with Crippen LogP contribution >= 0.6 is 0 Å². The Balaban J connectivity index is 3.40. The lowest BCUT2D eigenvalue weighted by atomic mass is 9.87. The van der Waals surface area contributed by atoms with E-state index in [-0.39, 0.29) is 12.2 Å². The minimum Gasteiger partial charge on any atom is -0.461 e. The molecule has 150 valence electrons. The summed E-state index contributed by atoms with van der Waals surface area (Å²) in [6, 6.07) is -0.895. The highest BCUT2D eigenvalue weighted by Gasteiger charge is 2.47. The van der Waals surface area contributed by atoms with Crippen molar-refractivity contribution >= 4 is 29.8 Å². The lowest BCUT2D eigenvalue weighted by molar-refractivity contribution is -0.184. The van der Waals surface area contributed by atoms with Gasteiger partial charge in [-0.2, -0.15) is 0 Å². The van der Waals surface area contributed by atoms with E-state index in [9.17, 15) is 24.0 Å². The van der Waals surface area contributed by atoms with Crippen molar-refractivity contribution in [1.29, 1.82) is 0 Å². The molecule has 0 saturated carbocycles. The van der Waals surface area contributed by atoms with Gasteiger partial charge in [-0.3, -0.25) is 24.0 Å². The SMILES string of the molecule is CC(=O)N[C@@H]1C=C(COC(C)=O)[C@@H](OC(C)=O)[C@H](OC(C)=O)[C@H]1OC(C)=O. The third kappa shape index (κ3) is 7.08. The van der Waals surface area contributed by atoms with E-state index in [0.29, 0.717) is 0 Å². The maximum atomic E-state index is 11.6. The first kappa shape index (κ1) is 22.1. The summed E-state index contributed by atoms with van der Waals surface area (Å²) < 4.78 is 20.7. The quantitative estimate of drug-likeness (QED) is 0.374. The predicted molar refractivity (Wildman–Crippen MR) is 89.0 cm³/mol. The van der Waals surface area contributed by atoms with Crippen LogP contribution in [0.3, 0.4) is 0 Å². The normalized spacial score (nSPS) is 24.1. The number of nitrogens with one attached hydrogen (secondary N) is 1. The Labute approximate surface area is 156 Å². The van der Waals surface area contributed by atoms with E-state index in [0.717, 1.165) is 20.8 Å². The summed E-state index contributed by atoms with van der Waals surface area (Å²) in [4.78, 5) is 57.4. The van der Waals surface area contributed by atoms with Crippen molar-refractivity contribution in [1.82, 2.24) is 5.32 Å². The van der Waals surface area contributed by atoms with Crippen molar-refractivity contribution < 1.29 is 42.9 Å². The highest BCUT2D eigenvalue weighted by Crippen LogP contribution is 2.28. The fraction of sp³-hybridized carbons (Fsp3) is 0.588. The number of hydrogen-bond donors (Lipinski definition) is 1. The first-order chi connectivity index (χ1) is 12.5. The maximum Gasteiger partial charge on any atom is 0.303 e. The Morgan fingerprint density at radius 1 is 0.815 bits per heavy atom. The molecule has 0 aromatic carbocycles. The topological polar surface area (TPSA) is 134 Å². The fourth-order valence-electron chi connectivity index (χ4n) is 2.66. The standard InChI is InChI=1S/C17H23NO9/c1-8(19)18-14-6-13(7-24-9(2)20)15(25-10(3)21)17(27-12(5)23)16(14)26-11(4)22/h6,14-17H,7H2,1-5H3,(H,18,19)/t14-,15-,16+,17+/m1/s1. The van der Waals surface area contributed by atoms with Crippen molar-refractivity contribution in [3.05, 3.63) is 11.6 Å². The number of rotatable bonds is 6. The van der Waals surface area contributed by atoms with E-state index >= 15 is 0 Å². The summed E-state index contributed by atoms with van der Waals surface area (Å²) in [6.45, 7) is 5.61. The molecule has 0 heterocycles. The summed E-state index contributed by atoms with van der Waals surface area (Å²) in [6.07, 6.45) is -2.12. The molecule has 0 unspecified atom stereocenters. The first-order valence-electron chi connectivity index (χ1n) is 8.14. The van der Waals surface area contributed by atoms with Crippen LogP contribution in [0, 0.1) is 0 Å². The van der Waals surface area contributed by atoms with Crippen LogP contribution in [0.5, 0.6) is 0 Å². The van der Waals surface area contributed by atoms with Crippen molar-refractivity contribution in [2.75, 3.05) is 6.61 Å². The largest absolute Gasteiger partial charge is 0.461 e. The molecule has 0 fully saturated rings. The van der Waals surface area contributed by atoms with Gasteiger partial charge in [-0.1, -0.05) is 6.08 Å². The third-order valence-corrected chi connectivity index (χ3v) is 3.44. The highest BCUT2D eigenvalue weighted by molar-refractivity contribution is 5.74. The van der Waals surface area contributed by atoms with Crippen LogP contribution in [0.4, 0.5) is 0 Å². The molecule has 0 aromatic rings. The van der Waals surface area contributed by atoms with Crippen molar-refractivity contribution in [2.45, 2.75) is 59.0 Å². The highest BCUT2D eigenvalue weighted by atomic mass is 16.6. The number of carbonyl (C=O) groups is 5. The number of amides is 1. The molecule has 0 radical (unpaired) electrons. The van der Waals surface area contributed by atoms with Gasteiger partial charge in [-0.05, 0) is 0 Å². The van der Waals surface area contributed by atoms with E-state index in [1.54, 1.807) is 0 Å². The van der Waals surface area contributed by atoms with Gasteiger partial charge in [0.25, 0.3) is 0 Å². The van der Waals surface area contributed by atoms with Crippen LogP contribution in [0.1, 0.15) is 34.6 Å². The van der Waals surface area contributed by atoms with E-state index < -0.39 is 54.1 Å². The number of esters is 4. The molecule has 4 atom stereocenters. The second-order valence-electron chi connectivity index (χ2n) is 5.93. The van der Waals surface area contributed by atoms with E-state index in [1.165, 1.54) is 19.9 Å². The van der Waals surface area contributed by atoms with Gasteiger partial charge in [0, 0.05) is 40.2 Å². The second-order valence-corrected chi connectivity index (χ2v) is 5.93. The molecule has 1 amide bonds. The lowest BCUT2D eigenvalue weighted by Gasteiger charge is -2.40. The van der Waals surface area contributed by atoms with Crippen LogP contribution in [-0.4, -0.2) is 60.7 Å². The molecule has 0 saturated heterocycles. The molecular formula is C17H23NO9. The zero-order valence-electron chi connectivity index (χ0n) is 15.8. The maximum absolute atomic E-state index is 11.6. The molecule has 27 heavy (non-hydrogen) atoms. The molecule has 0 aromatic heterocycles. The van der Waals surface area contributed by atoms with Gasteiger partial charge >= 0.3 is 23.9 Å². The molecule has 0 bridgehead atoms. The first-order valence-corrected chi connectivity index (χ1v) is 8.14. The van der Waals surface area contributed by atoms with Gasteiger partial charge in [0.15, 0.2) is 18.3 Å². The number of hydrogen-bond acceptors (Lipinski definition) is 9. The van der Waals surface area contributed by atoms with Gasteiger partial charge < -0.3 is 24.3 Å². The van der Waals surface area contributed by atoms with Gasteiger partial charge in [0.1, 0.15) is 6.61 Å². The van der Waals surface area contributed by atoms with Gasteiger partial charge in [-0.15, -0.1) is 0 Å². The smallest absolute Gasteiger partial charge is 0.303 e. The van der Waals surface area contributed by atoms with Gasteiger partial charge in [-0.25, -0.2) is 0 Å². The Kier molecular flexibility index (Phi) is 7.95. The van der Waals surface area contributed by atoms with E-state index in [2.05, 4.69) is 5.32 Å². The molecule has 1 aliphatic carbocycles. The summed E-state index contributed by atoms with van der Waals surface area (Å²) >= 11 is 0. The van der Waals surface area contributed by atoms with Crippen molar-refractivity contribution in [2.24, 2.45) is 0 Å². The molecule has 1 N–H and O–H groups in total. The van der Waals surface area contributed by atoms with Crippen LogP contribution in [0.25, 0.3) is 0 Å². The van der Waals surface area contributed by atoms with E-state index in [1.807, 2.05) is 0 Å². The number of ether oxygens (including phenoxy) is 4. The Morgan fingerprint density at radius 2 is 1.33 bits per heavy atom. The number of carbonyl (C=O) groups excluding carboxylic acids is 5. The molecule has 10 nitrogen and oxygen atoms in total. The molecule has 0 aliphatic heterocycles. The molecule has 1 rings (SSSR count). The minimum absolute atomic E-state index is 0.270. The van der Waals surface area contributed by atoms with Crippen LogP contribution < -0.4 is 5.32 Å². The molecular weight excluding hydrogens is 362 g/mol. The van der Waals surface area contributed by atoms with Gasteiger partial charge in [0.2, 0.25) is 5.91 Å². The third-order valence-electron chi connectivity index (χ3n) is 3.44. The fourth-order valence-corrected chi connectivity index (χ4v) is 2.66. The zero-order chi connectivity index (χ0) is 20.7. The Bertz CT molecular complexity index is 655. The molecule has 1 aliphatic rings. The molecule has 10 heteroatoms. The van der Waals surface area contributed by atoms with Crippen molar-refractivity contribution in [3.8, 4) is 0 Å². The molecule has 0 spiro atoms. The van der Waals surface area contributed by atoms with E-state index in [4.69, 9.17) is 18.9 Å². The lowest BCUT2D eigenvalue weighted by Crippen LogP contribution is -2.58. The zero-order valence-corrected chi connectivity index (χ0v) is 15.8.